The van der Waals surface area contributed by atoms with Crippen molar-refractivity contribution in [2.75, 3.05) is 10.6 Å². The van der Waals surface area contributed by atoms with Crippen molar-refractivity contribution < 1.29 is 22.7 Å². The maximum absolute atomic E-state index is 14.6. The minimum Gasteiger partial charge on any atom is -0.506 e. The van der Waals surface area contributed by atoms with Gasteiger partial charge in [0.15, 0.2) is 9.84 Å². The monoisotopic (exact) mass is 442 g/mol. The van der Waals surface area contributed by atoms with E-state index in [4.69, 9.17) is 0 Å². The molecule has 0 radical (unpaired) electrons. The molecular formula is C23H23FN2O4S. The van der Waals surface area contributed by atoms with Gasteiger partial charge >= 0.3 is 0 Å². The number of sulfone groups is 1. The molecule has 0 saturated carbocycles. The van der Waals surface area contributed by atoms with Crippen molar-refractivity contribution >= 4 is 27.1 Å². The van der Waals surface area contributed by atoms with Crippen molar-refractivity contribution in [3.8, 4) is 5.75 Å². The lowest BCUT2D eigenvalue weighted by molar-refractivity contribution is 0.102. The number of phenolic OH excluding ortho intramolecular Hbond substituents is 1. The van der Waals surface area contributed by atoms with Gasteiger partial charge in [0.25, 0.3) is 5.91 Å². The molecule has 0 bridgehead atoms. The number of phenols is 1. The van der Waals surface area contributed by atoms with Crippen LogP contribution >= 0.6 is 0 Å². The summed E-state index contributed by atoms with van der Waals surface area (Å²) in [6, 6.07) is 15.1. The van der Waals surface area contributed by atoms with Gasteiger partial charge < -0.3 is 15.7 Å². The standard InChI is InChI=1S/C23H23FN2O4S/c1-14-7-9-18(10-8-14)31(29,30)16(3)25-20-13-22(27)21(12-19(20)24)26-23(28)17-6-4-5-15(2)11-17/h4-13,16,25,27H,1-3H3,(H,26,28). The number of aryl methyl sites for hydroxylation is 2. The average molecular weight is 443 g/mol. The van der Waals surface area contributed by atoms with E-state index in [0.717, 1.165) is 23.3 Å². The number of benzene rings is 3. The van der Waals surface area contributed by atoms with Gasteiger partial charge in [-0.1, -0.05) is 35.4 Å². The first-order valence-corrected chi connectivity index (χ1v) is 11.1. The van der Waals surface area contributed by atoms with Gasteiger partial charge in [0.05, 0.1) is 16.3 Å². The molecule has 3 rings (SSSR count). The number of hydrogen-bond acceptors (Lipinski definition) is 5. The topological polar surface area (TPSA) is 95.5 Å². The lowest BCUT2D eigenvalue weighted by Crippen LogP contribution is -2.27. The first kappa shape index (κ1) is 22.3. The highest BCUT2D eigenvalue weighted by Crippen LogP contribution is 2.31. The fraction of sp³-hybridized carbons (Fsp3) is 0.174. The van der Waals surface area contributed by atoms with E-state index < -0.39 is 32.7 Å². The van der Waals surface area contributed by atoms with Gasteiger partial charge in [-0.25, -0.2) is 12.8 Å². The Hall–Kier alpha value is -3.39. The van der Waals surface area contributed by atoms with Crippen molar-refractivity contribution in [3.05, 3.63) is 83.2 Å². The van der Waals surface area contributed by atoms with Gasteiger partial charge in [0, 0.05) is 17.7 Å². The number of amides is 1. The zero-order valence-electron chi connectivity index (χ0n) is 17.3. The van der Waals surface area contributed by atoms with Crippen LogP contribution in [0.2, 0.25) is 0 Å². The summed E-state index contributed by atoms with van der Waals surface area (Å²) in [6.45, 7) is 5.06. The van der Waals surface area contributed by atoms with Crippen molar-refractivity contribution in [2.24, 2.45) is 0 Å². The van der Waals surface area contributed by atoms with Crippen molar-refractivity contribution in [3.63, 3.8) is 0 Å². The van der Waals surface area contributed by atoms with Crippen LogP contribution in [0.25, 0.3) is 0 Å². The van der Waals surface area contributed by atoms with Crippen LogP contribution in [-0.2, 0) is 9.84 Å². The van der Waals surface area contributed by atoms with Gasteiger partial charge in [-0.2, -0.15) is 0 Å². The van der Waals surface area contributed by atoms with Crippen LogP contribution < -0.4 is 10.6 Å². The Morgan fingerprint density at radius 2 is 1.65 bits per heavy atom. The molecular weight excluding hydrogens is 419 g/mol. The Bertz CT molecular complexity index is 1220. The molecule has 3 aromatic rings. The predicted molar refractivity (Wildman–Crippen MR) is 119 cm³/mol. The van der Waals surface area contributed by atoms with Gasteiger partial charge in [0.1, 0.15) is 16.9 Å². The molecule has 1 amide bonds. The average Bonchev–Trinajstić information content (AvgIpc) is 2.71. The summed E-state index contributed by atoms with van der Waals surface area (Å²) < 4.78 is 40.1. The maximum Gasteiger partial charge on any atom is 0.255 e. The van der Waals surface area contributed by atoms with Crippen LogP contribution in [0.1, 0.15) is 28.4 Å². The molecule has 31 heavy (non-hydrogen) atoms. The number of aromatic hydroxyl groups is 1. The summed E-state index contributed by atoms with van der Waals surface area (Å²) in [4.78, 5) is 12.5. The van der Waals surface area contributed by atoms with Crippen molar-refractivity contribution in [2.45, 2.75) is 31.0 Å². The molecule has 3 N–H and O–H groups in total. The highest BCUT2D eigenvalue weighted by molar-refractivity contribution is 7.92. The lowest BCUT2D eigenvalue weighted by Gasteiger charge is -2.18. The second-order valence-electron chi connectivity index (χ2n) is 7.32. The molecule has 8 heteroatoms. The number of nitrogens with one attached hydrogen (secondary N) is 2. The van der Waals surface area contributed by atoms with E-state index in [2.05, 4.69) is 10.6 Å². The van der Waals surface area contributed by atoms with Crippen LogP contribution in [0.4, 0.5) is 15.8 Å². The van der Waals surface area contributed by atoms with Crippen LogP contribution in [0.3, 0.4) is 0 Å². The Kier molecular flexibility index (Phi) is 6.31. The van der Waals surface area contributed by atoms with E-state index in [1.54, 1.807) is 30.3 Å². The fourth-order valence-electron chi connectivity index (χ4n) is 2.98. The highest BCUT2D eigenvalue weighted by Gasteiger charge is 2.24. The summed E-state index contributed by atoms with van der Waals surface area (Å²) >= 11 is 0. The van der Waals surface area contributed by atoms with Gasteiger partial charge in [-0.3, -0.25) is 4.79 Å². The van der Waals surface area contributed by atoms with E-state index in [9.17, 15) is 22.7 Å². The number of carbonyl (C=O) groups excluding carboxylic acids is 1. The van der Waals surface area contributed by atoms with Gasteiger partial charge in [-0.05, 0) is 45.0 Å². The lowest BCUT2D eigenvalue weighted by atomic mass is 10.1. The first-order chi connectivity index (χ1) is 14.6. The van der Waals surface area contributed by atoms with E-state index in [1.807, 2.05) is 19.9 Å². The summed E-state index contributed by atoms with van der Waals surface area (Å²) in [5, 5.41) is 14.2. The van der Waals surface area contributed by atoms with Gasteiger partial charge in [0.2, 0.25) is 0 Å². The quantitative estimate of drug-likeness (QED) is 0.484. The Morgan fingerprint density at radius 3 is 2.29 bits per heavy atom. The van der Waals surface area contributed by atoms with E-state index in [0.29, 0.717) is 5.56 Å². The zero-order valence-corrected chi connectivity index (χ0v) is 18.1. The minimum atomic E-state index is -3.78. The van der Waals surface area contributed by atoms with Crippen molar-refractivity contribution in [1.29, 1.82) is 0 Å². The molecule has 162 valence electrons. The van der Waals surface area contributed by atoms with Crippen LogP contribution in [0.15, 0.2) is 65.6 Å². The molecule has 0 aliphatic heterocycles. The first-order valence-electron chi connectivity index (χ1n) is 9.55. The SMILES string of the molecule is Cc1ccc(S(=O)(=O)C(C)Nc2cc(O)c(NC(=O)c3cccc(C)c3)cc2F)cc1. The Labute approximate surface area is 180 Å². The molecule has 0 spiro atoms. The Morgan fingerprint density at radius 1 is 0.968 bits per heavy atom. The molecule has 6 nitrogen and oxygen atoms in total. The second-order valence-corrected chi connectivity index (χ2v) is 9.59. The smallest absolute Gasteiger partial charge is 0.255 e. The van der Waals surface area contributed by atoms with Crippen LogP contribution in [0, 0.1) is 19.7 Å². The third-order valence-electron chi connectivity index (χ3n) is 4.79. The summed E-state index contributed by atoms with van der Waals surface area (Å²) in [7, 11) is -3.78. The van der Waals surface area contributed by atoms with E-state index in [1.165, 1.54) is 19.1 Å². The molecule has 1 atom stereocenters. The molecule has 0 fully saturated rings. The normalized spacial score (nSPS) is 12.3. The van der Waals surface area contributed by atoms with E-state index >= 15 is 0 Å². The molecule has 0 aliphatic carbocycles. The second kappa shape index (κ2) is 8.77. The fourth-order valence-corrected chi connectivity index (χ4v) is 4.19. The molecule has 0 aromatic heterocycles. The highest BCUT2D eigenvalue weighted by atomic mass is 32.2. The number of halogens is 1. The summed E-state index contributed by atoms with van der Waals surface area (Å²) in [5.74, 6) is -1.72. The number of hydrogen-bond donors (Lipinski definition) is 3. The molecule has 0 aliphatic rings. The van der Waals surface area contributed by atoms with Crippen LogP contribution in [0.5, 0.6) is 5.75 Å². The Balaban J connectivity index is 1.80. The number of carbonyl (C=O) groups is 1. The molecule has 0 saturated heterocycles. The predicted octanol–water partition coefficient (Wildman–Crippen LogP) is 4.63. The zero-order chi connectivity index (χ0) is 22.8. The number of rotatable bonds is 6. The summed E-state index contributed by atoms with van der Waals surface area (Å²) in [6.07, 6.45) is 0. The third-order valence-corrected chi connectivity index (χ3v) is 6.77. The molecule has 1 unspecified atom stereocenters. The maximum atomic E-state index is 14.6. The van der Waals surface area contributed by atoms with Gasteiger partial charge in [-0.15, -0.1) is 0 Å². The molecule has 0 heterocycles. The minimum absolute atomic E-state index is 0.102. The van der Waals surface area contributed by atoms with Crippen molar-refractivity contribution in [1.82, 2.24) is 0 Å². The number of anilines is 2. The third kappa shape index (κ3) is 5.03. The molecule has 3 aromatic carbocycles. The largest absolute Gasteiger partial charge is 0.506 e. The van der Waals surface area contributed by atoms with Crippen LogP contribution in [-0.4, -0.2) is 24.8 Å². The summed E-state index contributed by atoms with van der Waals surface area (Å²) in [5.41, 5.74) is 1.84. The van der Waals surface area contributed by atoms with E-state index in [-0.39, 0.29) is 16.3 Å².